The highest BCUT2D eigenvalue weighted by Gasteiger charge is 2.17. The van der Waals surface area contributed by atoms with E-state index in [9.17, 15) is 0 Å². The highest BCUT2D eigenvalue weighted by molar-refractivity contribution is 9.10. The first-order chi connectivity index (χ1) is 11.1. The van der Waals surface area contributed by atoms with E-state index in [4.69, 9.17) is 0 Å². The van der Waals surface area contributed by atoms with Crippen LogP contribution in [0.15, 0.2) is 40.0 Å². The molecule has 2 aromatic rings. The number of hydrogen-bond donors (Lipinski definition) is 1. The minimum Gasteiger partial charge on any atom is -0.354 e. The van der Waals surface area contributed by atoms with Crippen molar-refractivity contribution in [1.82, 2.24) is 14.9 Å². The first-order valence-corrected chi connectivity index (χ1v) is 9.55. The van der Waals surface area contributed by atoms with Gasteiger partial charge in [-0.1, -0.05) is 33.8 Å². The largest absolute Gasteiger partial charge is 0.354 e. The van der Waals surface area contributed by atoms with Crippen LogP contribution in [0.2, 0.25) is 0 Å². The number of nitrogens with one attached hydrogen (secondary N) is 1. The maximum Gasteiger partial charge on any atom is 0.191 e. The molecule has 0 aliphatic carbocycles. The number of thioether (sulfide) groups is 1. The van der Waals surface area contributed by atoms with Crippen molar-refractivity contribution in [3.63, 3.8) is 0 Å². The fourth-order valence-electron chi connectivity index (χ4n) is 2.48. The first kappa shape index (κ1) is 16.5. The van der Waals surface area contributed by atoms with Crippen molar-refractivity contribution in [3.05, 3.63) is 34.8 Å². The predicted molar refractivity (Wildman–Crippen MR) is 101 cm³/mol. The molecule has 1 aliphatic rings. The summed E-state index contributed by atoms with van der Waals surface area (Å²) in [6.45, 7) is 4.12. The summed E-state index contributed by atoms with van der Waals surface area (Å²) < 4.78 is 1.04. The molecule has 7 heteroatoms. The van der Waals surface area contributed by atoms with Crippen LogP contribution in [0.4, 0.5) is 17.3 Å². The average Bonchev–Trinajstić information content (AvgIpc) is 2.55. The normalized spacial score (nSPS) is 15.7. The molecule has 0 atom stereocenters. The summed E-state index contributed by atoms with van der Waals surface area (Å²) in [4.78, 5) is 13.9. The molecule has 0 spiro atoms. The van der Waals surface area contributed by atoms with Gasteiger partial charge >= 0.3 is 0 Å². The Kier molecular flexibility index (Phi) is 5.40. The number of piperazine rings is 1. The van der Waals surface area contributed by atoms with Crippen LogP contribution in [-0.4, -0.2) is 54.4 Å². The molecule has 1 fully saturated rings. The second-order valence-corrected chi connectivity index (χ2v) is 7.21. The molecular weight excluding hydrogens is 374 g/mol. The lowest BCUT2D eigenvalue weighted by Crippen LogP contribution is -2.44. The zero-order chi connectivity index (χ0) is 16.2. The molecule has 122 valence electrons. The Morgan fingerprint density at radius 2 is 1.91 bits per heavy atom. The molecule has 1 N–H and O–H groups in total. The van der Waals surface area contributed by atoms with Crippen LogP contribution in [0.25, 0.3) is 0 Å². The van der Waals surface area contributed by atoms with Gasteiger partial charge in [-0.2, -0.15) is 0 Å². The Labute approximate surface area is 149 Å². The second-order valence-electron chi connectivity index (χ2n) is 5.52. The third-order valence-corrected chi connectivity index (χ3v) is 4.84. The van der Waals surface area contributed by atoms with Crippen molar-refractivity contribution in [2.45, 2.75) is 5.16 Å². The molecule has 2 heterocycles. The smallest absolute Gasteiger partial charge is 0.191 e. The van der Waals surface area contributed by atoms with Crippen molar-refractivity contribution in [2.24, 2.45) is 0 Å². The van der Waals surface area contributed by atoms with Crippen molar-refractivity contribution in [2.75, 3.05) is 49.7 Å². The second kappa shape index (κ2) is 7.51. The lowest BCUT2D eigenvalue weighted by Gasteiger charge is -2.33. The van der Waals surface area contributed by atoms with E-state index in [2.05, 4.69) is 48.1 Å². The molecule has 0 unspecified atom stereocenters. The maximum atomic E-state index is 4.67. The van der Waals surface area contributed by atoms with Gasteiger partial charge < -0.3 is 15.1 Å². The van der Waals surface area contributed by atoms with Gasteiger partial charge in [0.15, 0.2) is 5.16 Å². The lowest BCUT2D eigenvalue weighted by molar-refractivity contribution is 0.312. The summed E-state index contributed by atoms with van der Waals surface area (Å²) in [5.41, 5.74) is 1.01. The summed E-state index contributed by atoms with van der Waals surface area (Å²) in [7, 11) is 2.16. The van der Waals surface area contributed by atoms with E-state index in [-0.39, 0.29) is 0 Å². The molecule has 1 saturated heterocycles. The summed E-state index contributed by atoms with van der Waals surface area (Å²) in [6, 6.07) is 10.1. The van der Waals surface area contributed by atoms with Crippen LogP contribution in [-0.2, 0) is 0 Å². The number of aromatic nitrogens is 2. The van der Waals surface area contributed by atoms with Gasteiger partial charge in [-0.15, -0.1) is 0 Å². The van der Waals surface area contributed by atoms with E-state index in [1.165, 1.54) is 0 Å². The molecule has 1 aromatic heterocycles. The molecule has 5 nitrogen and oxygen atoms in total. The number of nitrogens with zero attached hydrogens (tertiary/aromatic N) is 4. The van der Waals surface area contributed by atoms with Crippen molar-refractivity contribution >= 4 is 45.0 Å². The first-order valence-electron chi connectivity index (χ1n) is 7.53. The Hall–Kier alpha value is -1.31. The fourth-order valence-corrected chi connectivity index (χ4v) is 3.25. The maximum absolute atomic E-state index is 4.67. The number of benzene rings is 1. The zero-order valence-electron chi connectivity index (χ0n) is 13.3. The molecule has 0 amide bonds. The number of halogens is 1. The van der Waals surface area contributed by atoms with Gasteiger partial charge in [0, 0.05) is 42.4 Å². The third-order valence-electron chi connectivity index (χ3n) is 3.80. The minimum absolute atomic E-state index is 0.791. The van der Waals surface area contributed by atoms with Crippen molar-refractivity contribution in [3.8, 4) is 0 Å². The van der Waals surface area contributed by atoms with Gasteiger partial charge in [0.05, 0.1) is 0 Å². The number of anilines is 3. The van der Waals surface area contributed by atoms with Gasteiger partial charge in [0.2, 0.25) is 0 Å². The van der Waals surface area contributed by atoms with Crippen LogP contribution in [0.1, 0.15) is 0 Å². The predicted octanol–water partition coefficient (Wildman–Crippen LogP) is 3.46. The molecule has 0 bridgehead atoms. The topological polar surface area (TPSA) is 44.3 Å². The Bertz CT molecular complexity index is 673. The lowest BCUT2D eigenvalue weighted by atomic mass is 10.3. The number of hydrogen-bond acceptors (Lipinski definition) is 6. The van der Waals surface area contributed by atoms with E-state index < -0.39 is 0 Å². The summed E-state index contributed by atoms with van der Waals surface area (Å²) in [6.07, 6.45) is 2.01. The van der Waals surface area contributed by atoms with Gasteiger partial charge in [0.1, 0.15) is 11.6 Å². The Morgan fingerprint density at radius 3 is 2.61 bits per heavy atom. The van der Waals surface area contributed by atoms with E-state index in [1.54, 1.807) is 11.8 Å². The van der Waals surface area contributed by atoms with E-state index in [1.807, 2.05) is 36.6 Å². The van der Waals surface area contributed by atoms with Crippen LogP contribution in [0.5, 0.6) is 0 Å². The van der Waals surface area contributed by atoms with Gasteiger partial charge in [0.25, 0.3) is 0 Å². The average molecular weight is 394 g/mol. The molecular formula is C16H20BrN5S. The fraction of sp³-hybridized carbons (Fsp3) is 0.375. The van der Waals surface area contributed by atoms with Crippen LogP contribution in [0.3, 0.4) is 0 Å². The Balaban J connectivity index is 1.84. The van der Waals surface area contributed by atoms with Gasteiger partial charge in [-0.3, -0.25) is 0 Å². The van der Waals surface area contributed by atoms with Gasteiger partial charge in [-0.05, 0) is 31.5 Å². The standard InChI is InChI=1S/C16H20BrN5S/c1-21-6-8-22(9-7-21)15-11-14(19-16(20-15)23-2)18-13-5-3-4-12(17)10-13/h3-5,10-11H,6-9H2,1-2H3,(H,18,19,20). The third kappa shape index (κ3) is 4.37. The molecule has 23 heavy (non-hydrogen) atoms. The number of rotatable bonds is 4. The summed E-state index contributed by atoms with van der Waals surface area (Å²) in [5.74, 6) is 1.83. The van der Waals surface area contributed by atoms with E-state index >= 15 is 0 Å². The highest BCUT2D eigenvalue weighted by atomic mass is 79.9. The minimum atomic E-state index is 0.791. The molecule has 1 aromatic carbocycles. The molecule has 0 saturated carbocycles. The van der Waals surface area contributed by atoms with Crippen molar-refractivity contribution < 1.29 is 0 Å². The SMILES string of the molecule is CSc1nc(Nc2cccc(Br)c2)cc(N2CCN(C)CC2)n1. The quantitative estimate of drug-likeness (QED) is 0.633. The number of likely N-dealkylation sites (N-methyl/N-ethyl adjacent to an activating group) is 1. The molecule has 0 radical (unpaired) electrons. The van der Waals surface area contributed by atoms with E-state index in [0.29, 0.717) is 0 Å². The van der Waals surface area contributed by atoms with Crippen LogP contribution >= 0.6 is 27.7 Å². The zero-order valence-corrected chi connectivity index (χ0v) is 15.7. The van der Waals surface area contributed by atoms with Gasteiger partial charge in [-0.25, -0.2) is 9.97 Å². The molecule has 1 aliphatic heterocycles. The monoisotopic (exact) mass is 393 g/mol. The van der Waals surface area contributed by atoms with E-state index in [0.717, 1.165) is 53.1 Å². The Morgan fingerprint density at radius 1 is 1.13 bits per heavy atom. The van der Waals surface area contributed by atoms with Crippen molar-refractivity contribution in [1.29, 1.82) is 0 Å². The summed E-state index contributed by atoms with van der Waals surface area (Å²) >= 11 is 5.06. The highest BCUT2D eigenvalue weighted by Crippen LogP contribution is 2.25. The molecule has 3 rings (SSSR count). The van der Waals surface area contributed by atoms with Crippen LogP contribution < -0.4 is 10.2 Å². The summed E-state index contributed by atoms with van der Waals surface area (Å²) in [5, 5.41) is 4.17. The van der Waals surface area contributed by atoms with Crippen LogP contribution in [0, 0.1) is 0 Å².